The summed E-state index contributed by atoms with van der Waals surface area (Å²) >= 11 is 4.36. The molecule has 11 heteroatoms. The second kappa shape index (κ2) is 11.3. The van der Waals surface area contributed by atoms with Crippen LogP contribution in [0.4, 0.5) is 4.79 Å². The van der Waals surface area contributed by atoms with Crippen LogP contribution in [-0.2, 0) is 9.53 Å². The van der Waals surface area contributed by atoms with Crippen molar-refractivity contribution >= 4 is 45.3 Å². The predicted molar refractivity (Wildman–Crippen MR) is 134 cm³/mol. The number of benzene rings is 1. The molecule has 1 fully saturated rings. The monoisotopic (exact) mass is 569 g/mol. The zero-order valence-electron chi connectivity index (χ0n) is 19.7. The Kier molecular flexibility index (Phi) is 8.65. The van der Waals surface area contributed by atoms with E-state index >= 15 is 0 Å². The highest BCUT2D eigenvalue weighted by atomic mass is 79.9. The van der Waals surface area contributed by atoms with Gasteiger partial charge in [-0.05, 0) is 73.2 Å². The van der Waals surface area contributed by atoms with E-state index in [2.05, 4.69) is 15.9 Å². The first-order chi connectivity index (χ1) is 16.4. The predicted octanol–water partition coefficient (Wildman–Crippen LogP) is 5.37. The number of hydrogen-bond donors (Lipinski definition) is 2. The summed E-state index contributed by atoms with van der Waals surface area (Å²) in [5.74, 6) is -1.49. The lowest BCUT2D eigenvalue weighted by Gasteiger charge is -2.33. The number of rotatable bonds is 8. The molecule has 1 saturated heterocycles. The number of aliphatic carboxylic acids is 1. The number of carboxylic acids is 2. The standard InChI is InChI=1S/C24H28BrNO8S/c1-24(2,3)34-23(31)26-9-7-14(8-10-26)12-32-16-6-4-5-15(11-16)20-18(25)19(33-13-17(27)28)21(35-20)22(29)30/h4-6,11,14H,7-10,12-13H2,1-3H3,(H,27,28)(H,29,30). The van der Waals surface area contributed by atoms with Crippen LogP contribution in [0.25, 0.3) is 10.4 Å². The zero-order chi connectivity index (χ0) is 25.8. The maximum Gasteiger partial charge on any atom is 0.410 e. The molecule has 3 rings (SSSR count). The molecule has 1 amide bonds. The van der Waals surface area contributed by atoms with Gasteiger partial charge in [-0.15, -0.1) is 11.3 Å². The molecular weight excluding hydrogens is 542 g/mol. The van der Waals surface area contributed by atoms with Crippen molar-refractivity contribution in [2.24, 2.45) is 5.92 Å². The molecule has 2 heterocycles. The minimum Gasteiger partial charge on any atom is -0.493 e. The average molecular weight is 570 g/mol. The smallest absolute Gasteiger partial charge is 0.410 e. The molecular formula is C24H28BrNO8S. The molecule has 190 valence electrons. The highest BCUT2D eigenvalue weighted by Gasteiger charge is 2.27. The lowest BCUT2D eigenvalue weighted by molar-refractivity contribution is -0.139. The van der Waals surface area contributed by atoms with Crippen LogP contribution in [0.3, 0.4) is 0 Å². The fourth-order valence-electron chi connectivity index (χ4n) is 3.54. The van der Waals surface area contributed by atoms with E-state index in [0.717, 1.165) is 24.2 Å². The third-order valence-electron chi connectivity index (χ3n) is 5.19. The quantitative estimate of drug-likeness (QED) is 0.435. The second-order valence-electron chi connectivity index (χ2n) is 9.14. The number of piperidine rings is 1. The molecule has 1 aliphatic rings. The first kappa shape index (κ1) is 26.8. The van der Waals surface area contributed by atoms with Crippen LogP contribution in [0.15, 0.2) is 28.7 Å². The van der Waals surface area contributed by atoms with Gasteiger partial charge in [-0.1, -0.05) is 12.1 Å². The number of carbonyl (C=O) groups is 3. The second-order valence-corrected chi connectivity index (χ2v) is 11.0. The van der Waals surface area contributed by atoms with E-state index in [1.54, 1.807) is 17.0 Å². The van der Waals surface area contributed by atoms with Gasteiger partial charge in [-0.2, -0.15) is 0 Å². The summed E-state index contributed by atoms with van der Waals surface area (Å²) in [6.07, 6.45) is 1.32. The Balaban J connectivity index is 1.63. The minimum absolute atomic E-state index is 0.0111. The van der Waals surface area contributed by atoms with E-state index in [-0.39, 0.29) is 16.7 Å². The molecule has 1 aromatic heterocycles. The Labute approximate surface area is 215 Å². The van der Waals surface area contributed by atoms with Gasteiger partial charge in [0, 0.05) is 13.1 Å². The Morgan fingerprint density at radius 2 is 1.83 bits per heavy atom. The van der Waals surface area contributed by atoms with Gasteiger partial charge in [0.05, 0.1) is 16.0 Å². The van der Waals surface area contributed by atoms with Crippen molar-refractivity contribution in [1.82, 2.24) is 4.90 Å². The number of aromatic carboxylic acids is 1. The number of carboxylic acid groups (broad SMARTS) is 2. The summed E-state index contributed by atoms with van der Waals surface area (Å²) in [4.78, 5) is 37.0. The Hall–Kier alpha value is -2.79. The highest BCUT2D eigenvalue weighted by Crippen LogP contribution is 2.46. The minimum atomic E-state index is -1.20. The first-order valence-electron chi connectivity index (χ1n) is 11.1. The van der Waals surface area contributed by atoms with Crippen molar-refractivity contribution in [3.8, 4) is 21.9 Å². The molecule has 1 aromatic carbocycles. The van der Waals surface area contributed by atoms with E-state index in [1.807, 2.05) is 32.9 Å². The number of thiophene rings is 1. The number of likely N-dealkylation sites (tertiary alicyclic amines) is 1. The topological polar surface area (TPSA) is 123 Å². The number of amides is 1. The van der Waals surface area contributed by atoms with Gasteiger partial charge >= 0.3 is 18.0 Å². The van der Waals surface area contributed by atoms with Crippen molar-refractivity contribution in [1.29, 1.82) is 0 Å². The fraction of sp³-hybridized carbons (Fsp3) is 0.458. The molecule has 2 aromatic rings. The Bertz CT molecular complexity index is 1090. The van der Waals surface area contributed by atoms with Crippen molar-refractivity contribution in [2.45, 2.75) is 39.2 Å². The lowest BCUT2D eigenvalue weighted by Crippen LogP contribution is -2.42. The molecule has 1 aliphatic heterocycles. The van der Waals surface area contributed by atoms with Crippen LogP contribution in [0.2, 0.25) is 0 Å². The molecule has 0 atom stereocenters. The van der Waals surface area contributed by atoms with Gasteiger partial charge in [0.1, 0.15) is 11.4 Å². The van der Waals surface area contributed by atoms with Crippen molar-refractivity contribution in [2.75, 3.05) is 26.3 Å². The third-order valence-corrected chi connectivity index (χ3v) is 7.42. The van der Waals surface area contributed by atoms with E-state index < -0.39 is 24.1 Å². The molecule has 9 nitrogen and oxygen atoms in total. The summed E-state index contributed by atoms with van der Waals surface area (Å²) in [5, 5.41) is 18.4. The van der Waals surface area contributed by atoms with E-state index in [0.29, 0.717) is 46.3 Å². The average Bonchev–Trinajstić information content (AvgIpc) is 3.12. The van der Waals surface area contributed by atoms with Gasteiger partial charge in [0.25, 0.3) is 0 Å². The highest BCUT2D eigenvalue weighted by molar-refractivity contribution is 9.10. The van der Waals surface area contributed by atoms with Crippen molar-refractivity contribution in [3.63, 3.8) is 0 Å². The van der Waals surface area contributed by atoms with E-state index in [1.165, 1.54) is 0 Å². The van der Waals surface area contributed by atoms with Gasteiger partial charge in [0.2, 0.25) is 0 Å². The van der Waals surface area contributed by atoms with Crippen LogP contribution >= 0.6 is 27.3 Å². The normalized spacial score (nSPS) is 14.5. The molecule has 35 heavy (non-hydrogen) atoms. The Morgan fingerprint density at radius 3 is 2.43 bits per heavy atom. The SMILES string of the molecule is CC(C)(C)OC(=O)N1CCC(COc2cccc(-c3sc(C(=O)O)c(OCC(=O)O)c3Br)c2)CC1. The maximum atomic E-state index is 12.2. The summed E-state index contributed by atoms with van der Waals surface area (Å²) in [7, 11) is 0. The van der Waals surface area contributed by atoms with E-state index in [4.69, 9.17) is 19.3 Å². The van der Waals surface area contributed by atoms with Gasteiger partial charge in [-0.3, -0.25) is 0 Å². The molecule has 0 spiro atoms. The van der Waals surface area contributed by atoms with Crippen LogP contribution in [-0.4, -0.2) is 65.0 Å². The molecule has 0 bridgehead atoms. The van der Waals surface area contributed by atoms with Crippen molar-refractivity contribution in [3.05, 3.63) is 33.6 Å². The number of halogens is 1. The molecule has 0 unspecified atom stereocenters. The summed E-state index contributed by atoms with van der Waals surface area (Å²) in [5.41, 5.74) is 0.195. The number of hydrogen-bond acceptors (Lipinski definition) is 7. The fourth-order valence-corrected chi connectivity index (χ4v) is 5.42. The van der Waals surface area contributed by atoms with Crippen LogP contribution in [0.1, 0.15) is 43.3 Å². The molecule has 0 saturated carbocycles. The summed E-state index contributed by atoms with van der Waals surface area (Å²) < 4.78 is 17.1. The lowest BCUT2D eigenvalue weighted by atomic mass is 9.98. The first-order valence-corrected chi connectivity index (χ1v) is 12.7. The number of ether oxygens (including phenoxy) is 3. The third kappa shape index (κ3) is 7.35. The summed E-state index contributed by atoms with van der Waals surface area (Å²) in [6.45, 7) is 6.61. The summed E-state index contributed by atoms with van der Waals surface area (Å²) in [6, 6.07) is 7.25. The van der Waals surface area contributed by atoms with Crippen LogP contribution < -0.4 is 9.47 Å². The molecule has 0 radical (unpaired) electrons. The number of carbonyl (C=O) groups excluding carboxylic acids is 1. The number of nitrogens with zero attached hydrogens (tertiary/aromatic N) is 1. The van der Waals surface area contributed by atoms with E-state index in [9.17, 15) is 19.5 Å². The Morgan fingerprint density at radius 1 is 1.14 bits per heavy atom. The maximum absolute atomic E-state index is 12.2. The van der Waals surface area contributed by atoms with Crippen molar-refractivity contribution < 1.29 is 38.8 Å². The van der Waals surface area contributed by atoms with Gasteiger partial charge in [0.15, 0.2) is 17.2 Å². The van der Waals surface area contributed by atoms with Gasteiger partial charge in [-0.25, -0.2) is 14.4 Å². The molecule has 0 aliphatic carbocycles. The zero-order valence-corrected chi connectivity index (χ0v) is 22.1. The molecule has 2 N–H and O–H groups in total. The van der Waals surface area contributed by atoms with Crippen LogP contribution in [0, 0.1) is 5.92 Å². The van der Waals surface area contributed by atoms with Crippen LogP contribution in [0.5, 0.6) is 11.5 Å². The van der Waals surface area contributed by atoms with Gasteiger partial charge < -0.3 is 29.3 Å². The largest absolute Gasteiger partial charge is 0.493 e.